The number of anilines is 1. The summed E-state index contributed by atoms with van der Waals surface area (Å²) < 4.78 is 6.15. The van der Waals surface area contributed by atoms with Crippen molar-refractivity contribution < 1.29 is 14.3 Å². The maximum Gasteiger partial charge on any atom is 0.348 e. The van der Waals surface area contributed by atoms with Crippen molar-refractivity contribution in [1.29, 1.82) is 0 Å². The number of thiophene rings is 1. The molecule has 0 saturated heterocycles. The largest absolute Gasteiger partial charge is 0.451 e. The number of aromatic nitrogens is 1. The summed E-state index contributed by atoms with van der Waals surface area (Å²) in [6, 6.07) is 9.57. The second-order valence-corrected chi connectivity index (χ2v) is 8.04. The number of esters is 1. The van der Waals surface area contributed by atoms with Crippen LogP contribution < -0.4 is 5.32 Å². The van der Waals surface area contributed by atoms with E-state index in [2.05, 4.69) is 10.3 Å². The first-order valence-electron chi connectivity index (χ1n) is 8.13. The zero-order valence-electron chi connectivity index (χ0n) is 13.4. The Labute approximate surface area is 152 Å². The van der Waals surface area contributed by atoms with Crippen LogP contribution in [0, 0.1) is 0 Å². The Morgan fingerprint density at radius 2 is 2.00 bits per heavy atom. The Bertz CT molecular complexity index is 888. The summed E-state index contributed by atoms with van der Waals surface area (Å²) in [5, 5.41) is 3.19. The molecule has 0 aliphatic heterocycles. The third kappa shape index (κ3) is 3.57. The van der Waals surface area contributed by atoms with E-state index in [-0.39, 0.29) is 12.5 Å². The van der Waals surface area contributed by atoms with E-state index < -0.39 is 5.97 Å². The normalized spacial score (nSPS) is 13.4. The molecule has 1 aliphatic carbocycles. The van der Waals surface area contributed by atoms with Gasteiger partial charge >= 0.3 is 5.97 Å². The summed E-state index contributed by atoms with van der Waals surface area (Å²) in [6.07, 6.45) is 4.40. The number of nitrogens with zero attached hydrogens (tertiary/aromatic N) is 1. The quantitative estimate of drug-likeness (QED) is 0.702. The van der Waals surface area contributed by atoms with Crippen LogP contribution in [-0.2, 0) is 22.4 Å². The van der Waals surface area contributed by atoms with Gasteiger partial charge in [0.1, 0.15) is 4.88 Å². The number of benzene rings is 1. The number of para-hydroxylation sites is 1. The molecule has 0 bridgehead atoms. The zero-order valence-corrected chi connectivity index (χ0v) is 15.0. The lowest BCUT2D eigenvalue weighted by atomic mass is 9.99. The fourth-order valence-electron chi connectivity index (χ4n) is 2.87. The summed E-state index contributed by atoms with van der Waals surface area (Å²) in [7, 11) is 0. The molecule has 2 aromatic heterocycles. The molecular weight excluding hydrogens is 356 g/mol. The van der Waals surface area contributed by atoms with Gasteiger partial charge in [0, 0.05) is 4.88 Å². The molecule has 0 saturated carbocycles. The molecule has 3 aromatic rings. The predicted molar refractivity (Wildman–Crippen MR) is 99.5 cm³/mol. The van der Waals surface area contributed by atoms with Crippen LogP contribution in [0.4, 0.5) is 5.13 Å². The van der Waals surface area contributed by atoms with Crippen LogP contribution in [0.5, 0.6) is 0 Å². The zero-order chi connectivity index (χ0) is 17.2. The first-order valence-corrected chi connectivity index (χ1v) is 9.76. The lowest BCUT2D eigenvalue weighted by Crippen LogP contribution is -2.20. The first-order chi connectivity index (χ1) is 12.2. The van der Waals surface area contributed by atoms with E-state index in [9.17, 15) is 9.59 Å². The average Bonchev–Trinajstić information content (AvgIpc) is 3.22. The van der Waals surface area contributed by atoms with Crippen LogP contribution in [0.2, 0.25) is 0 Å². The molecule has 7 heteroatoms. The number of aryl methyl sites for hydroxylation is 2. The van der Waals surface area contributed by atoms with E-state index in [0.29, 0.717) is 10.0 Å². The Balaban J connectivity index is 1.35. The Morgan fingerprint density at radius 1 is 1.16 bits per heavy atom. The van der Waals surface area contributed by atoms with Gasteiger partial charge in [0.2, 0.25) is 0 Å². The molecule has 0 spiro atoms. The molecule has 0 atom stereocenters. The smallest absolute Gasteiger partial charge is 0.348 e. The van der Waals surface area contributed by atoms with Gasteiger partial charge in [-0.1, -0.05) is 23.5 Å². The number of nitrogens with one attached hydrogen (secondary N) is 1. The van der Waals surface area contributed by atoms with Crippen molar-refractivity contribution in [3.8, 4) is 0 Å². The monoisotopic (exact) mass is 372 g/mol. The Hall–Kier alpha value is -2.25. The summed E-state index contributed by atoms with van der Waals surface area (Å²) >= 11 is 2.88. The summed E-state index contributed by atoms with van der Waals surface area (Å²) in [4.78, 5) is 30.3. The highest BCUT2D eigenvalue weighted by Crippen LogP contribution is 2.30. The van der Waals surface area contributed by atoms with Gasteiger partial charge in [0.25, 0.3) is 5.91 Å². The molecule has 0 radical (unpaired) electrons. The first kappa shape index (κ1) is 16.2. The van der Waals surface area contributed by atoms with Crippen molar-refractivity contribution in [2.24, 2.45) is 0 Å². The topological polar surface area (TPSA) is 68.3 Å². The van der Waals surface area contributed by atoms with Crippen LogP contribution in [-0.4, -0.2) is 23.5 Å². The number of amides is 1. The minimum atomic E-state index is -0.432. The molecular formula is C18H16N2O3S2. The maximum absolute atomic E-state index is 12.2. The molecule has 128 valence electrons. The number of fused-ring (bicyclic) bond motifs is 2. The van der Waals surface area contributed by atoms with Gasteiger partial charge in [0.05, 0.1) is 10.2 Å². The van der Waals surface area contributed by atoms with Crippen molar-refractivity contribution in [1.82, 2.24) is 4.98 Å². The van der Waals surface area contributed by atoms with Gasteiger partial charge in [-0.2, -0.15) is 0 Å². The van der Waals surface area contributed by atoms with Crippen LogP contribution in [0.15, 0.2) is 30.3 Å². The van der Waals surface area contributed by atoms with E-state index in [1.54, 1.807) is 0 Å². The highest BCUT2D eigenvalue weighted by atomic mass is 32.1. The molecule has 1 amide bonds. The molecule has 0 unspecified atom stereocenters. The highest BCUT2D eigenvalue weighted by Gasteiger charge is 2.19. The third-order valence-electron chi connectivity index (χ3n) is 4.07. The summed E-state index contributed by atoms with van der Waals surface area (Å²) in [5.74, 6) is -0.812. The minimum Gasteiger partial charge on any atom is -0.451 e. The Morgan fingerprint density at radius 3 is 2.84 bits per heavy atom. The summed E-state index contributed by atoms with van der Waals surface area (Å²) in [5.41, 5.74) is 2.09. The van der Waals surface area contributed by atoms with Gasteiger partial charge in [-0.05, 0) is 49.4 Å². The van der Waals surface area contributed by atoms with E-state index in [0.717, 1.165) is 23.1 Å². The van der Waals surface area contributed by atoms with Gasteiger partial charge in [-0.15, -0.1) is 11.3 Å². The van der Waals surface area contributed by atoms with Crippen molar-refractivity contribution in [3.63, 3.8) is 0 Å². The van der Waals surface area contributed by atoms with Crippen molar-refractivity contribution in [2.45, 2.75) is 25.7 Å². The van der Waals surface area contributed by atoms with Crippen LogP contribution in [0.1, 0.15) is 33.0 Å². The highest BCUT2D eigenvalue weighted by molar-refractivity contribution is 7.22. The predicted octanol–water partition coefficient (Wildman–Crippen LogP) is 4.03. The fourth-order valence-corrected chi connectivity index (χ4v) is 4.90. The number of hydrogen-bond donors (Lipinski definition) is 1. The number of thiazole rings is 1. The lowest BCUT2D eigenvalue weighted by molar-refractivity contribution is -0.119. The van der Waals surface area contributed by atoms with Crippen molar-refractivity contribution >= 4 is 49.9 Å². The standard InChI is InChI=1S/C18H16N2O3S2/c21-16(20-18-19-12-6-2-4-8-14(12)25-18)10-23-17(22)15-9-11-5-1-3-7-13(11)24-15/h2,4,6,8-9H,1,3,5,7,10H2,(H,19,20,21). The van der Waals surface area contributed by atoms with E-state index in [1.807, 2.05) is 30.3 Å². The SMILES string of the molecule is O=C(COC(=O)c1cc2c(s1)CCCC2)Nc1nc2ccccc2s1. The van der Waals surface area contributed by atoms with Gasteiger partial charge < -0.3 is 4.74 Å². The molecule has 1 aliphatic rings. The Kier molecular flexibility index (Phi) is 4.50. The number of rotatable bonds is 4. The third-order valence-corrected chi connectivity index (χ3v) is 6.24. The van der Waals surface area contributed by atoms with E-state index in [4.69, 9.17) is 4.74 Å². The summed E-state index contributed by atoms with van der Waals surface area (Å²) in [6.45, 7) is -0.308. The van der Waals surface area contributed by atoms with Gasteiger partial charge in [0.15, 0.2) is 11.7 Å². The number of carbonyl (C=O) groups is 2. The molecule has 4 rings (SSSR count). The van der Waals surface area contributed by atoms with E-state index in [1.165, 1.54) is 46.0 Å². The van der Waals surface area contributed by atoms with Crippen molar-refractivity contribution in [3.05, 3.63) is 45.6 Å². The van der Waals surface area contributed by atoms with Gasteiger partial charge in [-0.25, -0.2) is 9.78 Å². The second kappa shape index (κ2) is 6.93. The van der Waals surface area contributed by atoms with Crippen LogP contribution in [0.3, 0.4) is 0 Å². The van der Waals surface area contributed by atoms with Crippen LogP contribution in [0.25, 0.3) is 10.2 Å². The lowest BCUT2D eigenvalue weighted by Gasteiger charge is -2.08. The average molecular weight is 372 g/mol. The van der Waals surface area contributed by atoms with Crippen LogP contribution >= 0.6 is 22.7 Å². The maximum atomic E-state index is 12.2. The molecule has 25 heavy (non-hydrogen) atoms. The number of hydrogen-bond acceptors (Lipinski definition) is 6. The number of ether oxygens (including phenoxy) is 1. The minimum absolute atomic E-state index is 0.308. The van der Waals surface area contributed by atoms with Crippen molar-refractivity contribution in [2.75, 3.05) is 11.9 Å². The number of carbonyl (C=O) groups excluding carboxylic acids is 2. The molecule has 1 aromatic carbocycles. The molecule has 5 nitrogen and oxygen atoms in total. The molecule has 0 fully saturated rings. The fraction of sp³-hybridized carbons (Fsp3) is 0.278. The molecule has 1 N–H and O–H groups in total. The second-order valence-electron chi connectivity index (χ2n) is 5.88. The van der Waals surface area contributed by atoms with E-state index >= 15 is 0 Å². The molecule has 2 heterocycles. The van der Waals surface area contributed by atoms with Gasteiger partial charge in [-0.3, -0.25) is 10.1 Å².